The van der Waals surface area contributed by atoms with E-state index in [0.29, 0.717) is 6.08 Å². The highest BCUT2D eigenvalue weighted by atomic mass is 19.2. The smallest absolute Gasteiger partial charge is 0.299 e. The first-order chi connectivity index (χ1) is 6.47. The molecule has 0 aromatic carbocycles. The van der Waals surface area contributed by atoms with Crippen LogP contribution in [0.1, 0.15) is 0 Å². The standard InChI is InChI=1S/C8H8F4O2/c1-13-4-3-5(9)8(12,14-2)7(11)6(4)10/h3,7H,1-2H3. The summed E-state index contributed by atoms with van der Waals surface area (Å²) < 4.78 is 60.4. The maximum absolute atomic E-state index is 13.3. The molecule has 0 bridgehead atoms. The molecule has 0 fully saturated rings. The second-order valence-corrected chi connectivity index (χ2v) is 2.62. The third-order valence-electron chi connectivity index (χ3n) is 1.88. The molecule has 1 aliphatic carbocycles. The van der Waals surface area contributed by atoms with E-state index >= 15 is 0 Å². The Morgan fingerprint density at radius 1 is 1.36 bits per heavy atom. The Balaban J connectivity index is 3.16. The highest BCUT2D eigenvalue weighted by molar-refractivity contribution is 5.33. The zero-order valence-corrected chi connectivity index (χ0v) is 7.48. The molecular formula is C8H8F4O2. The second-order valence-electron chi connectivity index (χ2n) is 2.62. The van der Waals surface area contributed by atoms with E-state index in [1.807, 2.05) is 0 Å². The van der Waals surface area contributed by atoms with Crippen molar-refractivity contribution in [3.05, 3.63) is 23.5 Å². The lowest BCUT2D eigenvalue weighted by Crippen LogP contribution is -2.41. The summed E-state index contributed by atoms with van der Waals surface area (Å²) in [5, 5.41) is 0. The molecule has 0 spiro atoms. The Bertz CT molecular complexity index is 300. The number of hydrogen-bond acceptors (Lipinski definition) is 2. The Morgan fingerprint density at radius 2 is 1.93 bits per heavy atom. The summed E-state index contributed by atoms with van der Waals surface area (Å²) in [6.45, 7) is 0. The van der Waals surface area contributed by atoms with E-state index in [0.717, 1.165) is 14.2 Å². The van der Waals surface area contributed by atoms with Gasteiger partial charge in [-0.25, -0.2) is 17.6 Å². The summed E-state index contributed by atoms with van der Waals surface area (Å²) in [6, 6.07) is 0. The van der Waals surface area contributed by atoms with Crippen LogP contribution in [0.25, 0.3) is 0 Å². The number of allylic oxidation sites excluding steroid dienone is 1. The minimum atomic E-state index is -3.40. The molecule has 2 nitrogen and oxygen atoms in total. The molecule has 0 radical (unpaired) electrons. The fourth-order valence-corrected chi connectivity index (χ4v) is 1.05. The predicted molar refractivity (Wildman–Crippen MR) is 40.1 cm³/mol. The van der Waals surface area contributed by atoms with Gasteiger partial charge in [-0.1, -0.05) is 0 Å². The molecule has 0 aromatic heterocycles. The maximum Gasteiger partial charge on any atom is 0.299 e. The highest BCUT2D eigenvalue weighted by Gasteiger charge is 2.51. The summed E-state index contributed by atoms with van der Waals surface area (Å²) in [5.74, 6) is -7.17. The van der Waals surface area contributed by atoms with E-state index < -0.39 is 29.4 Å². The first-order valence-electron chi connectivity index (χ1n) is 3.66. The predicted octanol–water partition coefficient (Wildman–Crippen LogP) is 2.33. The van der Waals surface area contributed by atoms with Crippen LogP contribution in [-0.2, 0) is 9.47 Å². The molecule has 0 N–H and O–H groups in total. The average molecular weight is 212 g/mol. The van der Waals surface area contributed by atoms with Gasteiger partial charge >= 0.3 is 0 Å². The van der Waals surface area contributed by atoms with Crippen LogP contribution in [0.4, 0.5) is 17.6 Å². The molecule has 6 heteroatoms. The van der Waals surface area contributed by atoms with Gasteiger partial charge in [0.15, 0.2) is 17.4 Å². The average Bonchev–Trinajstić information content (AvgIpc) is 2.20. The van der Waals surface area contributed by atoms with Crippen molar-refractivity contribution in [2.24, 2.45) is 0 Å². The van der Waals surface area contributed by atoms with Crippen LogP contribution in [0.3, 0.4) is 0 Å². The molecule has 2 atom stereocenters. The van der Waals surface area contributed by atoms with E-state index in [9.17, 15) is 17.6 Å². The largest absolute Gasteiger partial charge is 0.494 e. The van der Waals surface area contributed by atoms with Gasteiger partial charge in [-0.2, -0.15) is 0 Å². The van der Waals surface area contributed by atoms with Gasteiger partial charge in [0.1, 0.15) is 0 Å². The minimum Gasteiger partial charge on any atom is -0.494 e. The molecule has 0 saturated carbocycles. The quantitative estimate of drug-likeness (QED) is 0.654. The lowest BCUT2D eigenvalue weighted by Gasteiger charge is -2.28. The number of ether oxygens (including phenoxy) is 2. The fourth-order valence-electron chi connectivity index (χ4n) is 1.05. The van der Waals surface area contributed by atoms with Gasteiger partial charge in [0.05, 0.1) is 7.11 Å². The Labute approximate surface area is 77.8 Å². The number of rotatable bonds is 2. The zero-order chi connectivity index (χ0) is 10.9. The van der Waals surface area contributed by atoms with Gasteiger partial charge < -0.3 is 9.47 Å². The SMILES string of the molecule is COC1=C(F)C(F)C(F)(OC)C(F)=C1. The van der Waals surface area contributed by atoms with Crippen LogP contribution in [0.15, 0.2) is 23.5 Å². The van der Waals surface area contributed by atoms with Crippen molar-refractivity contribution in [2.45, 2.75) is 12.0 Å². The van der Waals surface area contributed by atoms with Gasteiger partial charge in [-0.15, -0.1) is 0 Å². The topological polar surface area (TPSA) is 18.5 Å². The van der Waals surface area contributed by atoms with Gasteiger partial charge in [-0.3, -0.25) is 0 Å². The summed E-state index contributed by atoms with van der Waals surface area (Å²) in [4.78, 5) is 0. The van der Waals surface area contributed by atoms with Gasteiger partial charge in [0.2, 0.25) is 6.17 Å². The highest BCUT2D eigenvalue weighted by Crippen LogP contribution is 2.40. The van der Waals surface area contributed by atoms with Crippen molar-refractivity contribution in [3.8, 4) is 0 Å². The second kappa shape index (κ2) is 3.61. The van der Waals surface area contributed by atoms with Crippen LogP contribution in [0, 0.1) is 0 Å². The van der Waals surface area contributed by atoms with Crippen LogP contribution in [0.5, 0.6) is 0 Å². The number of halogens is 4. The summed E-state index contributed by atoms with van der Waals surface area (Å²) in [7, 11) is 1.76. The summed E-state index contributed by atoms with van der Waals surface area (Å²) >= 11 is 0. The molecule has 0 aromatic rings. The Morgan fingerprint density at radius 3 is 2.36 bits per heavy atom. The Hall–Kier alpha value is -1.04. The number of alkyl halides is 2. The van der Waals surface area contributed by atoms with Crippen LogP contribution >= 0.6 is 0 Å². The van der Waals surface area contributed by atoms with E-state index in [2.05, 4.69) is 9.47 Å². The molecule has 1 aliphatic rings. The normalized spacial score (nSPS) is 33.0. The van der Waals surface area contributed by atoms with Crippen LogP contribution in [-0.4, -0.2) is 26.2 Å². The van der Waals surface area contributed by atoms with Crippen molar-refractivity contribution in [3.63, 3.8) is 0 Å². The molecule has 1 rings (SSSR count). The van der Waals surface area contributed by atoms with Crippen molar-refractivity contribution in [1.29, 1.82) is 0 Å². The van der Waals surface area contributed by atoms with E-state index in [1.54, 1.807) is 0 Å². The lowest BCUT2D eigenvalue weighted by atomic mass is 10.0. The molecule has 80 valence electrons. The first-order valence-corrected chi connectivity index (χ1v) is 3.66. The summed E-state index contributed by atoms with van der Waals surface area (Å²) in [6.07, 6.45) is -2.44. The first kappa shape index (κ1) is 11.0. The Kier molecular flexibility index (Phi) is 2.84. The van der Waals surface area contributed by atoms with E-state index in [4.69, 9.17) is 0 Å². The zero-order valence-electron chi connectivity index (χ0n) is 7.48. The maximum atomic E-state index is 13.3. The fraction of sp³-hybridized carbons (Fsp3) is 0.500. The summed E-state index contributed by atoms with van der Waals surface area (Å²) in [5.41, 5.74) is 0. The molecule has 0 heterocycles. The number of methoxy groups -OCH3 is 2. The third-order valence-corrected chi connectivity index (χ3v) is 1.88. The lowest BCUT2D eigenvalue weighted by molar-refractivity contribution is -0.149. The monoisotopic (exact) mass is 212 g/mol. The van der Waals surface area contributed by atoms with Crippen molar-refractivity contribution in [1.82, 2.24) is 0 Å². The van der Waals surface area contributed by atoms with Crippen molar-refractivity contribution < 1.29 is 27.0 Å². The minimum absolute atomic E-state index is 0.412. The van der Waals surface area contributed by atoms with Crippen LogP contribution in [0.2, 0.25) is 0 Å². The number of hydrogen-bond donors (Lipinski definition) is 0. The van der Waals surface area contributed by atoms with Gasteiger partial charge in [0.25, 0.3) is 5.85 Å². The molecule has 2 unspecified atom stereocenters. The molecule has 0 amide bonds. The van der Waals surface area contributed by atoms with Crippen molar-refractivity contribution >= 4 is 0 Å². The molecular weight excluding hydrogens is 204 g/mol. The van der Waals surface area contributed by atoms with Gasteiger partial charge in [0, 0.05) is 13.2 Å². The molecule has 0 aliphatic heterocycles. The molecule has 0 saturated heterocycles. The third kappa shape index (κ3) is 1.39. The molecule has 14 heavy (non-hydrogen) atoms. The van der Waals surface area contributed by atoms with E-state index in [1.165, 1.54) is 0 Å². The van der Waals surface area contributed by atoms with Gasteiger partial charge in [-0.05, 0) is 0 Å². The van der Waals surface area contributed by atoms with Crippen molar-refractivity contribution in [2.75, 3.05) is 14.2 Å². The van der Waals surface area contributed by atoms with Crippen LogP contribution < -0.4 is 0 Å². The van der Waals surface area contributed by atoms with E-state index in [-0.39, 0.29) is 0 Å².